The number of hydrogen-bond acceptors (Lipinski definition) is 2. The van der Waals surface area contributed by atoms with Crippen LogP contribution in [-0.4, -0.2) is 16.1 Å². The normalized spacial score (nSPS) is 10.8. The van der Waals surface area contributed by atoms with Crippen LogP contribution in [0.15, 0.2) is 10.9 Å². The topological polar surface area (TPSA) is 70.2 Å². The minimum absolute atomic E-state index is 0.0127. The highest BCUT2D eigenvalue weighted by atomic mass is 79.9. The lowest BCUT2D eigenvalue weighted by molar-refractivity contribution is -0.136. The van der Waals surface area contributed by atoms with Crippen LogP contribution in [0.5, 0.6) is 0 Å². The highest BCUT2D eigenvalue weighted by molar-refractivity contribution is 9.08. The smallest absolute Gasteiger partial charge is 0.307 e. The van der Waals surface area contributed by atoms with Crippen molar-refractivity contribution < 1.29 is 18.7 Å². The van der Waals surface area contributed by atoms with Crippen LogP contribution in [0.25, 0.3) is 0 Å². The molecule has 1 aromatic heterocycles. The van der Waals surface area contributed by atoms with Crippen LogP contribution in [0.4, 0.5) is 8.78 Å². The number of halogens is 3. The van der Waals surface area contributed by atoms with Crippen LogP contribution in [0.3, 0.4) is 0 Å². The average molecular weight is 296 g/mol. The number of aliphatic carboxylic acids is 1. The van der Waals surface area contributed by atoms with Crippen molar-refractivity contribution in [3.05, 3.63) is 33.2 Å². The van der Waals surface area contributed by atoms with Gasteiger partial charge < -0.3 is 10.1 Å². The Morgan fingerprint density at radius 3 is 2.62 bits per heavy atom. The summed E-state index contributed by atoms with van der Waals surface area (Å²) in [7, 11) is 0. The van der Waals surface area contributed by atoms with Crippen molar-refractivity contribution in [2.24, 2.45) is 0 Å². The Morgan fingerprint density at radius 1 is 1.56 bits per heavy atom. The largest absolute Gasteiger partial charge is 0.481 e. The summed E-state index contributed by atoms with van der Waals surface area (Å²) in [5.41, 5.74) is -1.14. The zero-order valence-corrected chi connectivity index (χ0v) is 9.55. The fourth-order valence-corrected chi connectivity index (χ4v) is 1.81. The van der Waals surface area contributed by atoms with Crippen LogP contribution in [0.2, 0.25) is 0 Å². The number of carboxylic acids is 1. The first-order valence-corrected chi connectivity index (χ1v) is 5.38. The zero-order valence-electron chi connectivity index (χ0n) is 7.97. The third-order valence-corrected chi connectivity index (χ3v) is 2.50. The fraction of sp³-hybridized carbons (Fsp3) is 0.333. The van der Waals surface area contributed by atoms with Gasteiger partial charge in [0.15, 0.2) is 0 Å². The second kappa shape index (κ2) is 5.20. The molecule has 4 nitrogen and oxygen atoms in total. The van der Waals surface area contributed by atoms with Crippen LogP contribution in [-0.2, 0) is 16.5 Å². The number of rotatable bonds is 4. The summed E-state index contributed by atoms with van der Waals surface area (Å²) < 4.78 is 25.4. The predicted octanol–water partition coefficient (Wildman–Crippen LogP) is 1.83. The van der Waals surface area contributed by atoms with Gasteiger partial charge in [0.1, 0.15) is 0 Å². The van der Waals surface area contributed by atoms with E-state index in [-0.39, 0.29) is 16.6 Å². The van der Waals surface area contributed by atoms with Gasteiger partial charge in [0.2, 0.25) is 5.56 Å². The third kappa shape index (κ3) is 2.88. The lowest BCUT2D eigenvalue weighted by Gasteiger charge is -2.10. The summed E-state index contributed by atoms with van der Waals surface area (Å²) in [6.07, 6.45) is -3.41. The molecule has 7 heteroatoms. The first-order chi connectivity index (χ1) is 7.45. The maximum atomic E-state index is 12.7. The van der Waals surface area contributed by atoms with Crippen LogP contribution < -0.4 is 5.56 Å². The van der Waals surface area contributed by atoms with Gasteiger partial charge >= 0.3 is 5.97 Å². The van der Waals surface area contributed by atoms with Gasteiger partial charge in [-0.1, -0.05) is 15.9 Å². The standard InChI is InChI=1S/C9H8BrF2NO3/c10-3-5-8(9(11)12)4(2-7(15)16)1-6(14)13-5/h1,9H,2-3H2,(H,13,14)(H,15,16). The number of carboxylic acid groups (broad SMARTS) is 1. The molecule has 88 valence electrons. The molecule has 2 N–H and O–H groups in total. The molecule has 0 atom stereocenters. The second-order valence-electron chi connectivity index (χ2n) is 3.06. The van der Waals surface area contributed by atoms with E-state index in [9.17, 15) is 18.4 Å². The number of alkyl halides is 3. The zero-order chi connectivity index (χ0) is 12.3. The Balaban J connectivity index is 3.37. The third-order valence-electron chi connectivity index (χ3n) is 1.94. The Labute approximate surface area is 97.4 Å². The SMILES string of the molecule is O=C(O)Cc1cc(=O)[nH]c(CBr)c1C(F)F. The van der Waals surface area contributed by atoms with Crippen molar-refractivity contribution in [1.29, 1.82) is 0 Å². The van der Waals surface area contributed by atoms with E-state index in [0.29, 0.717) is 0 Å². The number of hydrogen-bond donors (Lipinski definition) is 2. The maximum Gasteiger partial charge on any atom is 0.307 e. The van der Waals surface area contributed by atoms with Gasteiger partial charge in [-0.2, -0.15) is 0 Å². The fourth-order valence-electron chi connectivity index (χ4n) is 1.37. The van der Waals surface area contributed by atoms with E-state index in [1.807, 2.05) is 0 Å². The van der Waals surface area contributed by atoms with E-state index in [1.54, 1.807) is 0 Å². The molecule has 1 rings (SSSR count). The Morgan fingerprint density at radius 2 is 2.19 bits per heavy atom. The monoisotopic (exact) mass is 295 g/mol. The van der Waals surface area contributed by atoms with Crippen molar-refractivity contribution in [2.45, 2.75) is 18.2 Å². The van der Waals surface area contributed by atoms with E-state index >= 15 is 0 Å². The summed E-state index contributed by atoms with van der Waals surface area (Å²) in [5.74, 6) is -1.26. The molecule has 0 bridgehead atoms. The molecule has 0 unspecified atom stereocenters. The summed E-state index contributed by atoms with van der Waals surface area (Å²) in [5, 5.41) is 8.60. The molecule has 0 aliphatic rings. The predicted molar refractivity (Wildman–Crippen MR) is 56.0 cm³/mol. The van der Waals surface area contributed by atoms with Crippen molar-refractivity contribution >= 4 is 21.9 Å². The van der Waals surface area contributed by atoms with Gasteiger partial charge in [-0.15, -0.1) is 0 Å². The van der Waals surface area contributed by atoms with E-state index in [0.717, 1.165) is 6.07 Å². The number of nitrogens with one attached hydrogen (secondary N) is 1. The maximum absolute atomic E-state index is 12.7. The highest BCUT2D eigenvalue weighted by Crippen LogP contribution is 2.26. The molecule has 16 heavy (non-hydrogen) atoms. The lowest BCUT2D eigenvalue weighted by atomic mass is 10.0. The molecule has 1 heterocycles. The molecule has 0 radical (unpaired) electrons. The number of pyridine rings is 1. The van der Waals surface area contributed by atoms with E-state index in [2.05, 4.69) is 20.9 Å². The van der Waals surface area contributed by atoms with Crippen molar-refractivity contribution in [2.75, 3.05) is 0 Å². The van der Waals surface area contributed by atoms with Crippen molar-refractivity contribution in [3.63, 3.8) is 0 Å². The van der Waals surface area contributed by atoms with Crippen molar-refractivity contribution in [1.82, 2.24) is 4.98 Å². The van der Waals surface area contributed by atoms with Crippen LogP contribution >= 0.6 is 15.9 Å². The van der Waals surface area contributed by atoms with E-state index in [4.69, 9.17) is 5.11 Å². The summed E-state index contributed by atoms with van der Waals surface area (Å²) in [4.78, 5) is 23.8. The van der Waals surface area contributed by atoms with Gasteiger partial charge in [-0.05, 0) is 5.56 Å². The molecule has 0 amide bonds. The van der Waals surface area contributed by atoms with Crippen molar-refractivity contribution in [3.8, 4) is 0 Å². The number of aromatic amines is 1. The quantitative estimate of drug-likeness (QED) is 0.833. The summed E-state index contributed by atoms with van der Waals surface area (Å²) in [6, 6.07) is 0.891. The first kappa shape index (κ1) is 12.8. The van der Waals surface area contributed by atoms with Crippen LogP contribution in [0, 0.1) is 0 Å². The molecule has 0 fully saturated rings. The molecule has 0 aromatic carbocycles. The first-order valence-electron chi connectivity index (χ1n) is 4.26. The molecular weight excluding hydrogens is 288 g/mol. The Kier molecular flexibility index (Phi) is 4.17. The number of carbonyl (C=O) groups is 1. The Bertz CT molecular complexity index is 459. The van der Waals surface area contributed by atoms with Gasteiger partial charge in [0.25, 0.3) is 6.43 Å². The molecule has 1 aromatic rings. The molecule has 0 saturated heterocycles. The summed E-state index contributed by atoms with van der Waals surface area (Å²) >= 11 is 2.96. The minimum Gasteiger partial charge on any atom is -0.481 e. The summed E-state index contributed by atoms with van der Waals surface area (Å²) in [6.45, 7) is 0. The van der Waals surface area contributed by atoms with Gasteiger partial charge in [-0.3, -0.25) is 9.59 Å². The molecule has 0 aliphatic heterocycles. The highest BCUT2D eigenvalue weighted by Gasteiger charge is 2.20. The average Bonchev–Trinajstić information content (AvgIpc) is 2.14. The number of aromatic nitrogens is 1. The second-order valence-corrected chi connectivity index (χ2v) is 3.62. The van der Waals surface area contributed by atoms with Gasteiger partial charge in [0.05, 0.1) is 6.42 Å². The molecule has 0 spiro atoms. The molecular formula is C9H8BrF2NO3. The lowest BCUT2D eigenvalue weighted by Crippen LogP contribution is -2.16. The van der Waals surface area contributed by atoms with E-state index in [1.165, 1.54) is 0 Å². The van der Waals surface area contributed by atoms with Crippen LogP contribution in [0.1, 0.15) is 23.2 Å². The van der Waals surface area contributed by atoms with Gasteiger partial charge in [0, 0.05) is 22.7 Å². The number of H-pyrrole nitrogens is 1. The minimum atomic E-state index is -2.82. The molecule has 0 saturated carbocycles. The van der Waals surface area contributed by atoms with Gasteiger partial charge in [-0.25, -0.2) is 8.78 Å². The molecule has 0 aliphatic carbocycles. The van der Waals surface area contributed by atoms with E-state index < -0.39 is 29.9 Å². The Hall–Kier alpha value is -1.24.